The van der Waals surface area contributed by atoms with Gasteiger partial charge in [0.05, 0.1) is 6.54 Å². The Bertz CT molecular complexity index is 610. The van der Waals surface area contributed by atoms with Crippen LogP contribution in [-0.4, -0.2) is 27.4 Å². The Kier molecular flexibility index (Phi) is 6.64. The van der Waals surface area contributed by atoms with E-state index in [1.165, 1.54) is 12.1 Å². The van der Waals surface area contributed by atoms with Crippen LogP contribution in [0, 0.1) is 5.92 Å². The highest BCUT2D eigenvalue weighted by molar-refractivity contribution is 9.11. The average molecular weight is 443 g/mol. The number of carbonyl (C=O) groups excluding carboxylic acids is 1. The molecule has 1 aromatic carbocycles. The summed E-state index contributed by atoms with van der Waals surface area (Å²) in [7, 11) is -3.83. The van der Waals surface area contributed by atoms with E-state index in [0.29, 0.717) is 27.1 Å². The first kappa shape index (κ1) is 18.4. The number of hydrogen-bond acceptors (Lipinski definition) is 4. The third-order valence-corrected chi connectivity index (χ3v) is 5.70. The highest BCUT2D eigenvalue weighted by atomic mass is 79.9. The normalized spacial score (nSPS) is 11.7. The number of nitrogens with two attached hydrogens (primary N) is 1. The maximum absolute atomic E-state index is 12.2. The number of nitrogen functional groups attached to an aromatic ring is 1. The molecule has 1 amide bonds. The molecule has 0 saturated carbocycles. The molecule has 6 nitrogen and oxygen atoms in total. The summed E-state index contributed by atoms with van der Waals surface area (Å²) in [6, 6.07) is 2.97. The summed E-state index contributed by atoms with van der Waals surface area (Å²) in [4.78, 5) is 11.6. The van der Waals surface area contributed by atoms with Crippen molar-refractivity contribution in [3.63, 3.8) is 0 Å². The number of halogens is 2. The van der Waals surface area contributed by atoms with Gasteiger partial charge in [-0.15, -0.1) is 0 Å². The van der Waals surface area contributed by atoms with Crippen LogP contribution in [0.3, 0.4) is 0 Å². The fourth-order valence-electron chi connectivity index (χ4n) is 1.45. The number of amides is 1. The van der Waals surface area contributed by atoms with Gasteiger partial charge in [-0.3, -0.25) is 4.79 Å². The zero-order valence-electron chi connectivity index (χ0n) is 11.6. The molecule has 1 aromatic rings. The van der Waals surface area contributed by atoms with Crippen molar-refractivity contribution in [2.45, 2.75) is 18.7 Å². The van der Waals surface area contributed by atoms with Gasteiger partial charge >= 0.3 is 0 Å². The van der Waals surface area contributed by atoms with Gasteiger partial charge in [0, 0.05) is 21.2 Å². The maximum atomic E-state index is 12.2. The largest absolute Gasteiger partial charge is 0.399 e. The smallest absolute Gasteiger partial charge is 0.243 e. The summed E-state index contributed by atoms with van der Waals surface area (Å²) >= 11 is 6.32. The standard InChI is InChI=1S/C12H17Br2N3O3S/c1-7(2)5-16-11(18)6-17-21(19,20)12-9(13)3-8(15)4-10(12)14/h3-4,7,17H,5-6,15H2,1-2H3,(H,16,18). The number of sulfonamides is 1. The first-order chi connectivity index (χ1) is 9.63. The summed E-state index contributed by atoms with van der Waals surface area (Å²) in [6.07, 6.45) is 0. The molecule has 0 saturated heterocycles. The second kappa shape index (κ2) is 7.57. The lowest BCUT2D eigenvalue weighted by Gasteiger charge is -2.12. The monoisotopic (exact) mass is 441 g/mol. The second-order valence-electron chi connectivity index (χ2n) is 4.84. The quantitative estimate of drug-likeness (QED) is 0.585. The fourth-order valence-corrected chi connectivity index (χ4v) is 5.05. The Balaban J connectivity index is 2.82. The number of anilines is 1. The van der Waals surface area contributed by atoms with Crippen molar-refractivity contribution in [3.05, 3.63) is 21.1 Å². The Morgan fingerprint density at radius 2 is 1.81 bits per heavy atom. The van der Waals surface area contributed by atoms with Crippen molar-refractivity contribution >= 4 is 53.5 Å². The fraction of sp³-hybridized carbons (Fsp3) is 0.417. The summed E-state index contributed by atoms with van der Waals surface area (Å²) in [6.45, 7) is 4.08. The van der Waals surface area contributed by atoms with Crippen molar-refractivity contribution in [3.8, 4) is 0 Å². The summed E-state index contributed by atoms with van der Waals surface area (Å²) in [5.74, 6) is -0.0825. The summed E-state index contributed by atoms with van der Waals surface area (Å²) < 4.78 is 27.4. The van der Waals surface area contributed by atoms with Crippen LogP contribution in [0.4, 0.5) is 5.69 Å². The molecule has 0 heterocycles. The van der Waals surface area contributed by atoms with Gasteiger partial charge in [-0.1, -0.05) is 13.8 Å². The molecule has 0 aliphatic rings. The first-order valence-corrected chi connectivity index (χ1v) is 9.21. The van der Waals surface area contributed by atoms with Crippen LogP contribution in [0.25, 0.3) is 0 Å². The van der Waals surface area contributed by atoms with Gasteiger partial charge in [0.1, 0.15) is 4.90 Å². The van der Waals surface area contributed by atoms with E-state index >= 15 is 0 Å². The third kappa shape index (κ3) is 5.57. The zero-order chi connectivity index (χ0) is 16.2. The SMILES string of the molecule is CC(C)CNC(=O)CNS(=O)(=O)c1c(Br)cc(N)cc1Br. The molecular weight excluding hydrogens is 426 g/mol. The summed E-state index contributed by atoms with van der Waals surface area (Å²) in [5, 5.41) is 2.64. The molecule has 0 aliphatic carbocycles. The van der Waals surface area contributed by atoms with Gasteiger partial charge in [-0.2, -0.15) is 0 Å². The minimum absolute atomic E-state index is 0.00774. The molecule has 4 N–H and O–H groups in total. The van der Waals surface area contributed by atoms with Gasteiger partial charge < -0.3 is 11.1 Å². The van der Waals surface area contributed by atoms with E-state index in [1.54, 1.807) is 0 Å². The van der Waals surface area contributed by atoms with E-state index in [9.17, 15) is 13.2 Å². The molecule has 0 aromatic heterocycles. The molecule has 118 valence electrons. The van der Waals surface area contributed by atoms with Gasteiger partial charge in [0.2, 0.25) is 15.9 Å². The highest BCUT2D eigenvalue weighted by Gasteiger charge is 2.22. The topological polar surface area (TPSA) is 101 Å². The lowest BCUT2D eigenvalue weighted by Crippen LogP contribution is -2.38. The van der Waals surface area contributed by atoms with Gasteiger partial charge in [0.15, 0.2) is 0 Å². The molecule has 0 radical (unpaired) electrons. The predicted octanol–water partition coefficient (Wildman–Crippen LogP) is 1.84. The molecule has 21 heavy (non-hydrogen) atoms. The highest BCUT2D eigenvalue weighted by Crippen LogP contribution is 2.32. The van der Waals surface area contributed by atoms with E-state index in [1.807, 2.05) is 13.8 Å². The van der Waals surface area contributed by atoms with E-state index in [4.69, 9.17) is 5.73 Å². The van der Waals surface area contributed by atoms with Crippen molar-refractivity contribution in [1.29, 1.82) is 0 Å². The van der Waals surface area contributed by atoms with E-state index in [-0.39, 0.29) is 17.3 Å². The molecule has 0 fully saturated rings. The van der Waals surface area contributed by atoms with Crippen molar-refractivity contribution < 1.29 is 13.2 Å². The van der Waals surface area contributed by atoms with Crippen molar-refractivity contribution in [2.24, 2.45) is 5.92 Å². The van der Waals surface area contributed by atoms with E-state index in [2.05, 4.69) is 41.9 Å². The molecule has 0 spiro atoms. The van der Waals surface area contributed by atoms with E-state index < -0.39 is 10.0 Å². The van der Waals surface area contributed by atoms with E-state index in [0.717, 1.165) is 0 Å². The number of hydrogen-bond donors (Lipinski definition) is 3. The Morgan fingerprint density at radius 3 is 2.29 bits per heavy atom. The van der Waals surface area contributed by atoms with Crippen LogP contribution in [0.15, 0.2) is 26.0 Å². The van der Waals surface area contributed by atoms with Gasteiger partial charge in [-0.05, 0) is 49.9 Å². The van der Waals surface area contributed by atoms with Crippen LogP contribution in [0.5, 0.6) is 0 Å². The molecule has 0 atom stereocenters. The first-order valence-electron chi connectivity index (χ1n) is 6.14. The summed E-state index contributed by atoms with van der Waals surface area (Å²) in [5.41, 5.74) is 6.04. The number of nitrogens with one attached hydrogen (secondary N) is 2. The average Bonchev–Trinajstić information content (AvgIpc) is 2.32. The number of rotatable bonds is 6. The lowest BCUT2D eigenvalue weighted by molar-refractivity contribution is -0.120. The maximum Gasteiger partial charge on any atom is 0.243 e. The lowest BCUT2D eigenvalue weighted by atomic mass is 10.2. The molecule has 0 aliphatic heterocycles. The molecule has 0 unspecified atom stereocenters. The van der Waals surface area contributed by atoms with Gasteiger partial charge in [0.25, 0.3) is 0 Å². The van der Waals surface area contributed by atoms with Gasteiger partial charge in [-0.25, -0.2) is 13.1 Å². The van der Waals surface area contributed by atoms with Crippen molar-refractivity contribution in [2.75, 3.05) is 18.8 Å². The minimum atomic E-state index is -3.83. The third-order valence-electron chi connectivity index (χ3n) is 2.42. The molecule has 9 heteroatoms. The zero-order valence-corrected chi connectivity index (χ0v) is 15.6. The van der Waals surface area contributed by atoms with Crippen molar-refractivity contribution in [1.82, 2.24) is 10.0 Å². The van der Waals surface area contributed by atoms with Crippen LogP contribution in [0.2, 0.25) is 0 Å². The molecule has 1 rings (SSSR count). The Labute approximate surface area is 141 Å². The van der Waals surface area contributed by atoms with Crippen LogP contribution in [-0.2, 0) is 14.8 Å². The number of carbonyl (C=O) groups is 1. The van der Waals surface area contributed by atoms with Crippen LogP contribution in [0.1, 0.15) is 13.8 Å². The predicted molar refractivity (Wildman–Crippen MR) is 89.3 cm³/mol. The Hall–Kier alpha value is -0.640. The molecular formula is C12H17Br2N3O3S. The van der Waals surface area contributed by atoms with Crippen LogP contribution < -0.4 is 15.8 Å². The second-order valence-corrected chi connectivity index (χ2v) is 8.25. The minimum Gasteiger partial charge on any atom is -0.399 e. The molecule has 0 bridgehead atoms. The van der Waals surface area contributed by atoms with Crippen LogP contribution >= 0.6 is 31.9 Å². The number of benzene rings is 1. The Morgan fingerprint density at radius 1 is 1.29 bits per heavy atom.